The number of halogens is 3. The average molecular weight is 305 g/mol. The van der Waals surface area contributed by atoms with Gasteiger partial charge in [0.2, 0.25) is 0 Å². The van der Waals surface area contributed by atoms with Gasteiger partial charge in [-0.2, -0.15) is 0 Å². The first-order valence-corrected chi connectivity index (χ1v) is 6.68. The van der Waals surface area contributed by atoms with Gasteiger partial charge in [-0.25, -0.2) is 13.8 Å². The van der Waals surface area contributed by atoms with Crippen LogP contribution in [0.4, 0.5) is 14.5 Å². The first-order valence-electron chi connectivity index (χ1n) is 5.48. The summed E-state index contributed by atoms with van der Waals surface area (Å²) in [6, 6.07) is 6.88. The standard InChI is InChI=1S/C12H11ClF2N2OS/c13-12-17-6-10(19-12)5-16-8-2-1-3-9(4-8)18-7-11(14)15/h1-4,6,11,16H,5,7H2. The Kier molecular flexibility index (Phi) is 4.93. The highest BCUT2D eigenvalue weighted by Gasteiger charge is 2.04. The molecule has 0 atom stereocenters. The third-order valence-electron chi connectivity index (χ3n) is 2.20. The van der Waals surface area contributed by atoms with E-state index in [-0.39, 0.29) is 0 Å². The van der Waals surface area contributed by atoms with Crippen LogP contribution in [-0.4, -0.2) is 18.0 Å². The van der Waals surface area contributed by atoms with Crippen LogP contribution in [0.15, 0.2) is 30.5 Å². The Balaban J connectivity index is 1.91. The van der Waals surface area contributed by atoms with E-state index in [4.69, 9.17) is 16.3 Å². The van der Waals surface area contributed by atoms with E-state index < -0.39 is 13.0 Å². The van der Waals surface area contributed by atoms with Crippen LogP contribution in [-0.2, 0) is 6.54 Å². The van der Waals surface area contributed by atoms with Crippen LogP contribution in [0.1, 0.15) is 4.88 Å². The third-order valence-corrected chi connectivity index (χ3v) is 3.32. The molecule has 0 aliphatic carbocycles. The monoisotopic (exact) mass is 304 g/mol. The maximum absolute atomic E-state index is 12.0. The topological polar surface area (TPSA) is 34.1 Å². The number of thiazole rings is 1. The Morgan fingerprint density at radius 3 is 2.95 bits per heavy atom. The lowest BCUT2D eigenvalue weighted by Crippen LogP contribution is -2.07. The van der Waals surface area contributed by atoms with Gasteiger partial charge in [-0.15, -0.1) is 11.3 Å². The second-order valence-electron chi connectivity index (χ2n) is 3.66. The largest absolute Gasteiger partial charge is 0.488 e. The summed E-state index contributed by atoms with van der Waals surface area (Å²) in [6.07, 6.45) is -0.784. The Labute approximate surface area is 118 Å². The molecule has 0 unspecified atom stereocenters. The highest BCUT2D eigenvalue weighted by Crippen LogP contribution is 2.21. The van der Waals surface area contributed by atoms with Crippen molar-refractivity contribution in [3.05, 3.63) is 39.8 Å². The summed E-state index contributed by atoms with van der Waals surface area (Å²) < 4.78 is 29.5. The fourth-order valence-corrected chi connectivity index (χ4v) is 2.33. The predicted molar refractivity (Wildman–Crippen MR) is 72.4 cm³/mol. The molecule has 0 spiro atoms. The normalized spacial score (nSPS) is 10.7. The van der Waals surface area contributed by atoms with Crippen molar-refractivity contribution in [2.45, 2.75) is 13.0 Å². The zero-order chi connectivity index (χ0) is 13.7. The summed E-state index contributed by atoms with van der Waals surface area (Å²) in [5, 5.41) is 3.15. The van der Waals surface area contributed by atoms with Crippen LogP contribution in [0.3, 0.4) is 0 Å². The van der Waals surface area contributed by atoms with Crippen LogP contribution in [0.5, 0.6) is 5.75 Å². The van der Waals surface area contributed by atoms with Crippen molar-refractivity contribution in [1.29, 1.82) is 0 Å². The number of ether oxygens (including phenoxy) is 1. The molecule has 1 N–H and O–H groups in total. The molecule has 1 aromatic heterocycles. The molecule has 0 radical (unpaired) electrons. The molecule has 0 fully saturated rings. The Bertz CT molecular complexity index is 536. The average Bonchev–Trinajstić information content (AvgIpc) is 2.80. The van der Waals surface area contributed by atoms with Crippen LogP contribution >= 0.6 is 22.9 Å². The molecule has 7 heteroatoms. The summed E-state index contributed by atoms with van der Waals surface area (Å²) >= 11 is 7.11. The van der Waals surface area contributed by atoms with E-state index in [1.165, 1.54) is 11.3 Å². The lowest BCUT2D eigenvalue weighted by atomic mass is 10.3. The molecule has 1 aromatic carbocycles. The van der Waals surface area contributed by atoms with Crippen molar-refractivity contribution in [1.82, 2.24) is 4.98 Å². The van der Waals surface area contributed by atoms with Crippen molar-refractivity contribution >= 4 is 28.6 Å². The van der Waals surface area contributed by atoms with E-state index in [1.54, 1.807) is 24.4 Å². The molecule has 102 valence electrons. The lowest BCUT2D eigenvalue weighted by Gasteiger charge is -2.08. The summed E-state index contributed by atoms with van der Waals surface area (Å²) in [5.74, 6) is 0.410. The Morgan fingerprint density at radius 1 is 1.42 bits per heavy atom. The maximum atomic E-state index is 12.0. The highest BCUT2D eigenvalue weighted by atomic mass is 35.5. The van der Waals surface area contributed by atoms with E-state index in [9.17, 15) is 8.78 Å². The molecule has 0 bridgehead atoms. The van der Waals surface area contributed by atoms with Gasteiger partial charge >= 0.3 is 0 Å². The van der Waals surface area contributed by atoms with Gasteiger partial charge in [0.25, 0.3) is 6.43 Å². The molecule has 3 nitrogen and oxygen atoms in total. The summed E-state index contributed by atoms with van der Waals surface area (Å²) in [4.78, 5) is 4.92. The van der Waals surface area contributed by atoms with Crippen molar-refractivity contribution in [2.75, 3.05) is 11.9 Å². The van der Waals surface area contributed by atoms with Gasteiger partial charge in [-0.3, -0.25) is 0 Å². The van der Waals surface area contributed by atoms with E-state index in [0.29, 0.717) is 16.8 Å². The molecule has 2 aromatic rings. The SMILES string of the molecule is FC(F)COc1cccc(NCc2cnc(Cl)s2)c1. The van der Waals surface area contributed by atoms with Crippen LogP contribution in [0.2, 0.25) is 4.47 Å². The highest BCUT2D eigenvalue weighted by molar-refractivity contribution is 7.15. The van der Waals surface area contributed by atoms with Gasteiger partial charge in [-0.1, -0.05) is 17.7 Å². The van der Waals surface area contributed by atoms with Crippen LogP contribution in [0, 0.1) is 0 Å². The molecule has 0 aliphatic rings. The molecular formula is C12H11ClF2N2OS. The van der Waals surface area contributed by atoms with E-state index in [1.807, 2.05) is 6.07 Å². The minimum Gasteiger partial charge on any atom is -0.488 e. The number of anilines is 1. The number of hydrogen-bond acceptors (Lipinski definition) is 4. The van der Waals surface area contributed by atoms with Crippen molar-refractivity contribution in [3.8, 4) is 5.75 Å². The maximum Gasteiger partial charge on any atom is 0.272 e. The Morgan fingerprint density at radius 2 is 2.26 bits per heavy atom. The minimum atomic E-state index is -2.48. The van der Waals surface area contributed by atoms with E-state index >= 15 is 0 Å². The van der Waals surface area contributed by atoms with Gasteiger partial charge in [0.05, 0.1) is 6.54 Å². The fraction of sp³-hybridized carbons (Fsp3) is 0.250. The zero-order valence-electron chi connectivity index (χ0n) is 9.78. The molecule has 0 saturated carbocycles. The van der Waals surface area contributed by atoms with Crippen LogP contribution < -0.4 is 10.1 Å². The van der Waals surface area contributed by atoms with Gasteiger partial charge in [-0.05, 0) is 12.1 Å². The molecule has 0 aliphatic heterocycles. The van der Waals surface area contributed by atoms with Gasteiger partial charge in [0, 0.05) is 22.8 Å². The number of benzene rings is 1. The summed E-state index contributed by atoms with van der Waals surface area (Å²) in [7, 11) is 0. The van der Waals surface area contributed by atoms with Crippen molar-refractivity contribution in [2.24, 2.45) is 0 Å². The second kappa shape index (κ2) is 6.68. The molecule has 19 heavy (non-hydrogen) atoms. The first-order chi connectivity index (χ1) is 9.13. The van der Waals surface area contributed by atoms with Gasteiger partial charge in [0.15, 0.2) is 4.47 Å². The second-order valence-corrected chi connectivity index (χ2v) is 5.36. The van der Waals surface area contributed by atoms with Gasteiger partial charge in [0.1, 0.15) is 12.4 Å². The molecule has 0 amide bonds. The molecular weight excluding hydrogens is 294 g/mol. The van der Waals surface area contributed by atoms with Crippen molar-refractivity contribution < 1.29 is 13.5 Å². The molecule has 1 heterocycles. The summed E-state index contributed by atoms with van der Waals surface area (Å²) in [5.41, 5.74) is 0.788. The molecule has 2 rings (SSSR count). The number of aromatic nitrogens is 1. The number of alkyl halides is 2. The summed E-state index contributed by atoms with van der Waals surface area (Å²) in [6.45, 7) is -0.0312. The zero-order valence-corrected chi connectivity index (χ0v) is 11.3. The van der Waals surface area contributed by atoms with Crippen LogP contribution in [0.25, 0.3) is 0 Å². The predicted octanol–water partition coefficient (Wildman–Crippen LogP) is 4.05. The van der Waals surface area contributed by atoms with Crippen molar-refractivity contribution in [3.63, 3.8) is 0 Å². The fourth-order valence-electron chi connectivity index (χ4n) is 1.41. The minimum absolute atomic E-state index is 0.410. The number of nitrogens with one attached hydrogen (secondary N) is 1. The number of rotatable bonds is 6. The lowest BCUT2D eigenvalue weighted by molar-refractivity contribution is 0.0819. The van der Waals surface area contributed by atoms with E-state index in [0.717, 1.165) is 10.6 Å². The number of nitrogens with zero attached hydrogens (tertiary/aromatic N) is 1. The van der Waals surface area contributed by atoms with E-state index in [2.05, 4.69) is 10.3 Å². The smallest absolute Gasteiger partial charge is 0.272 e. The Hall–Kier alpha value is -1.40. The first kappa shape index (κ1) is 14.0. The quantitative estimate of drug-likeness (QED) is 0.874. The third kappa shape index (κ3) is 4.65. The number of hydrogen-bond donors (Lipinski definition) is 1. The van der Waals surface area contributed by atoms with Gasteiger partial charge < -0.3 is 10.1 Å². The molecule has 0 saturated heterocycles.